The van der Waals surface area contributed by atoms with Crippen molar-refractivity contribution in [3.05, 3.63) is 11.6 Å². The van der Waals surface area contributed by atoms with Crippen molar-refractivity contribution in [3.63, 3.8) is 0 Å². The fraction of sp³-hybridized carbons (Fsp3) is 0.818. The van der Waals surface area contributed by atoms with E-state index in [9.17, 15) is 0 Å². The maximum atomic E-state index is 5.66. The molecule has 0 bridgehead atoms. The zero-order valence-corrected chi connectivity index (χ0v) is 9.99. The standard InChI is InChI=1S/C11H22ClN/c1-8(2)11(9(3)4)7-13-6-10(5)12/h8-9,11,13H,5-7H2,1-4H3. The van der Waals surface area contributed by atoms with Gasteiger partial charge in [0.15, 0.2) is 0 Å². The Morgan fingerprint density at radius 3 is 2.00 bits per heavy atom. The molecule has 1 N–H and O–H groups in total. The molecule has 0 aromatic carbocycles. The van der Waals surface area contributed by atoms with Crippen LogP contribution in [0.15, 0.2) is 11.6 Å². The van der Waals surface area contributed by atoms with Crippen LogP contribution in [0.3, 0.4) is 0 Å². The second kappa shape index (κ2) is 6.44. The van der Waals surface area contributed by atoms with E-state index in [-0.39, 0.29) is 0 Å². The van der Waals surface area contributed by atoms with Crippen LogP contribution in [0.2, 0.25) is 0 Å². The van der Waals surface area contributed by atoms with E-state index in [4.69, 9.17) is 11.6 Å². The predicted molar refractivity (Wildman–Crippen MR) is 61.0 cm³/mol. The lowest BCUT2D eigenvalue weighted by atomic mass is 9.85. The zero-order chi connectivity index (χ0) is 10.4. The van der Waals surface area contributed by atoms with Crippen molar-refractivity contribution in [2.45, 2.75) is 27.7 Å². The number of rotatable bonds is 6. The van der Waals surface area contributed by atoms with E-state index in [0.29, 0.717) is 5.03 Å². The van der Waals surface area contributed by atoms with Gasteiger partial charge >= 0.3 is 0 Å². The molecule has 0 saturated heterocycles. The van der Waals surface area contributed by atoms with E-state index < -0.39 is 0 Å². The third kappa shape index (κ3) is 6.11. The number of halogens is 1. The summed E-state index contributed by atoms with van der Waals surface area (Å²) < 4.78 is 0. The van der Waals surface area contributed by atoms with Crippen LogP contribution in [-0.4, -0.2) is 13.1 Å². The summed E-state index contributed by atoms with van der Waals surface area (Å²) in [6.07, 6.45) is 0. The van der Waals surface area contributed by atoms with Gasteiger partial charge in [-0.2, -0.15) is 0 Å². The van der Waals surface area contributed by atoms with Gasteiger partial charge in [0.1, 0.15) is 0 Å². The van der Waals surface area contributed by atoms with Gasteiger partial charge in [0.2, 0.25) is 0 Å². The van der Waals surface area contributed by atoms with Gasteiger partial charge in [-0.15, -0.1) is 0 Å². The zero-order valence-electron chi connectivity index (χ0n) is 9.23. The number of nitrogens with one attached hydrogen (secondary N) is 1. The molecule has 0 atom stereocenters. The molecule has 78 valence electrons. The molecular weight excluding hydrogens is 182 g/mol. The maximum absolute atomic E-state index is 5.66. The fourth-order valence-electron chi connectivity index (χ4n) is 1.62. The normalized spacial score (nSPS) is 11.7. The van der Waals surface area contributed by atoms with Crippen LogP contribution in [0.4, 0.5) is 0 Å². The highest BCUT2D eigenvalue weighted by Crippen LogP contribution is 2.19. The molecule has 0 amide bonds. The molecule has 0 aliphatic carbocycles. The fourth-order valence-corrected chi connectivity index (χ4v) is 1.71. The van der Waals surface area contributed by atoms with Crippen LogP contribution in [0.1, 0.15) is 27.7 Å². The maximum Gasteiger partial charge on any atom is 0.0307 e. The van der Waals surface area contributed by atoms with Crippen molar-refractivity contribution >= 4 is 11.6 Å². The molecular formula is C11H22ClN. The van der Waals surface area contributed by atoms with Crippen LogP contribution in [0.25, 0.3) is 0 Å². The molecule has 0 aliphatic heterocycles. The lowest BCUT2D eigenvalue weighted by Gasteiger charge is -2.25. The molecule has 0 heterocycles. The molecule has 0 saturated carbocycles. The van der Waals surface area contributed by atoms with Crippen LogP contribution in [0, 0.1) is 17.8 Å². The second-order valence-electron chi connectivity index (χ2n) is 4.30. The average Bonchev–Trinajstić information content (AvgIpc) is 1.95. The first-order valence-electron chi connectivity index (χ1n) is 4.99. The summed E-state index contributed by atoms with van der Waals surface area (Å²) in [7, 11) is 0. The Balaban J connectivity index is 3.77. The molecule has 0 rings (SSSR count). The average molecular weight is 204 g/mol. The Kier molecular flexibility index (Phi) is 6.44. The predicted octanol–water partition coefficient (Wildman–Crippen LogP) is 3.26. The van der Waals surface area contributed by atoms with Crippen LogP contribution >= 0.6 is 11.6 Å². The Morgan fingerprint density at radius 1 is 1.23 bits per heavy atom. The van der Waals surface area contributed by atoms with E-state index in [1.54, 1.807) is 0 Å². The summed E-state index contributed by atoms with van der Waals surface area (Å²) in [5.74, 6) is 2.16. The molecule has 0 spiro atoms. The van der Waals surface area contributed by atoms with E-state index in [0.717, 1.165) is 30.8 Å². The minimum absolute atomic E-state index is 0.686. The first-order chi connectivity index (χ1) is 5.95. The van der Waals surface area contributed by atoms with Gasteiger partial charge in [-0.05, 0) is 24.3 Å². The van der Waals surface area contributed by atoms with Crippen molar-refractivity contribution in [1.82, 2.24) is 5.32 Å². The quantitative estimate of drug-likeness (QED) is 0.699. The smallest absolute Gasteiger partial charge is 0.0307 e. The van der Waals surface area contributed by atoms with E-state index in [1.807, 2.05) is 0 Å². The Morgan fingerprint density at radius 2 is 1.69 bits per heavy atom. The molecule has 0 aromatic rings. The summed E-state index contributed by atoms with van der Waals surface area (Å²) in [5, 5.41) is 4.00. The van der Waals surface area contributed by atoms with Crippen molar-refractivity contribution in [3.8, 4) is 0 Å². The molecule has 13 heavy (non-hydrogen) atoms. The van der Waals surface area contributed by atoms with E-state index >= 15 is 0 Å². The van der Waals surface area contributed by atoms with E-state index in [2.05, 4.69) is 39.6 Å². The van der Waals surface area contributed by atoms with Crippen molar-refractivity contribution in [2.24, 2.45) is 17.8 Å². The largest absolute Gasteiger partial charge is 0.312 e. The summed E-state index contributed by atoms with van der Waals surface area (Å²) in [5.41, 5.74) is 0. The highest BCUT2D eigenvalue weighted by molar-refractivity contribution is 6.29. The summed E-state index contributed by atoms with van der Waals surface area (Å²) in [6, 6.07) is 0. The third-order valence-electron chi connectivity index (χ3n) is 2.41. The lowest BCUT2D eigenvalue weighted by Crippen LogP contribution is -2.30. The van der Waals surface area contributed by atoms with Crippen molar-refractivity contribution in [1.29, 1.82) is 0 Å². The van der Waals surface area contributed by atoms with E-state index in [1.165, 1.54) is 0 Å². The van der Waals surface area contributed by atoms with Crippen molar-refractivity contribution in [2.75, 3.05) is 13.1 Å². The Bertz CT molecular complexity index is 144. The Hall–Kier alpha value is -0.0100. The lowest BCUT2D eigenvalue weighted by molar-refractivity contribution is 0.279. The van der Waals surface area contributed by atoms with Crippen molar-refractivity contribution < 1.29 is 0 Å². The minimum atomic E-state index is 0.686. The van der Waals surface area contributed by atoms with Gasteiger partial charge in [-0.1, -0.05) is 45.9 Å². The SMILES string of the molecule is C=C(Cl)CNCC(C(C)C)C(C)C. The number of hydrogen-bond acceptors (Lipinski definition) is 1. The summed E-state index contributed by atoms with van der Waals surface area (Å²) in [4.78, 5) is 0. The molecule has 0 fully saturated rings. The summed E-state index contributed by atoms with van der Waals surface area (Å²) >= 11 is 5.66. The van der Waals surface area contributed by atoms with Gasteiger partial charge in [0.05, 0.1) is 0 Å². The highest BCUT2D eigenvalue weighted by Gasteiger charge is 2.16. The second-order valence-corrected chi connectivity index (χ2v) is 4.83. The molecule has 0 radical (unpaired) electrons. The first-order valence-corrected chi connectivity index (χ1v) is 5.37. The summed E-state index contributed by atoms with van der Waals surface area (Å²) in [6.45, 7) is 14.5. The molecule has 0 aromatic heterocycles. The van der Waals surface area contributed by atoms with Crippen LogP contribution in [-0.2, 0) is 0 Å². The Labute approximate surface area is 87.6 Å². The van der Waals surface area contributed by atoms with Gasteiger partial charge in [-0.25, -0.2) is 0 Å². The monoisotopic (exact) mass is 203 g/mol. The van der Waals surface area contributed by atoms with Gasteiger partial charge in [-0.3, -0.25) is 0 Å². The molecule has 2 heteroatoms. The molecule has 0 aliphatic rings. The van der Waals surface area contributed by atoms with Gasteiger partial charge in [0, 0.05) is 11.6 Å². The van der Waals surface area contributed by atoms with Gasteiger partial charge < -0.3 is 5.32 Å². The van der Waals surface area contributed by atoms with Crippen LogP contribution in [0.5, 0.6) is 0 Å². The molecule has 0 unspecified atom stereocenters. The van der Waals surface area contributed by atoms with Crippen LogP contribution < -0.4 is 5.32 Å². The third-order valence-corrected chi connectivity index (χ3v) is 2.54. The number of hydrogen-bond donors (Lipinski definition) is 1. The first kappa shape index (κ1) is 13.0. The molecule has 1 nitrogen and oxygen atoms in total. The topological polar surface area (TPSA) is 12.0 Å². The highest BCUT2D eigenvalue weighted by atomic mass is 35.5. The minimum Gasteiger partial charge on any atom is -0.312 e. The van der Waals surface area contributed by atoms with Gasteiger partial charge in [0.25, 0.3) is 0 Å².